The van der Waals surface area contributed by atoms with Gasteiger partial charge in [-0.2, -0.15) is 0 Å². The van der Waals surface area contributed by atoms with E-state index < -0.39 is 0 Å². The van der Waals surface area contributed by atoms with Crippen molar-refractivity contribution in [2.75, 3.05) is 5.32 Å². The minimum atomic E-state index is 0.852. The summed E-state index contributed by atoms with van der Waals surface area (Å²) in [6.45, 7) is 2.96. The molecular weight excluding hydrogens is 280 g/mol. The van der Waals surface area contributed by atoms with Crippen LogP contribution in [0, 0.1) is 6.92 Å². The van der Waals surface area contributed by atoms with Crippen molar-refractivity contribution in [2.45, 2.75) is 13.5 Å². The molecular formula is C9H9BrN2S2. The topological polar surface area (TPSA) is 24.9 Å². The molecule has 1 N–H and O–H groups in total. The van der Waals surface area contributed by atoms with E-state index in [2.05, 4.69) is 39.2 Å². The Morgan fingerprint density at radius 2 is 2.43 bits per heavy atom. The molecule has 0 saturated carbocycles. The van der Waals surface area contributed by atoms with E-state index in [1.807, 2.05) is 11.6 Å². The Morgan fingerprint density at radius 3 is 3.00 bits per heavy atom. The van der Waals surface area contributed by atoms with Crippen LogP contribution in [0.1, 0.15) is 10.4 Å². The van der Waals surface area contributed by atoms with Crippen LogP contribution in [0.15, 0.2) is 21.4 Å². The van der Waals surface area contributed by atoms with E-state index in [1.165, 1.54) is 14.2 Å². The Morgan fingerprint density at radius 1 is 1.57 bits per heavy atom. The van der Waals surface area contributed by atoms with E-state index in [-0.39, 0.29) is 0 Å². The zero-order valence-corrected chi connectivity index (χ0v) is 10.8. The molecule has 0 saturated heterocycles. The van der Waals surface area contributed by atoms with Gasteiger partial charge in [-0.1, -0.05) is 0 Å². The number of hydrogen-bond acceptors (Lipinski definition) is 4. The monoisotopic (exact) mass is 288 g/mol. The number of anilines is 1. The second kappa shape index (κ2) is 4.42. The van der Waals surface area contributed by atoms with E-state index in [0.29, 0.717) is 0 Å². The highest BCUT2D eigenvalue weighted by atomic mass is 79.9. The van der Waals surface area contributed by atoms with Gasteiger partial charge >= 0.3 is 0 Å². The second-order valence-electron chi connectivity index (χ2n) is 2.86. The van der Waals surface area contributed by atoms with E-state index in [1.54, 1.807) is 22.7 Å². The fourth-order valence-corrected chi connectivity index (χ4v) is 3.18. The lowest BCUT2D eigenvalue weighted by Gasteiger charge is -1.97. The minimum absolute atomic E-state index is 0.852. The van der Waals surface area contributed by atoms with Crippen LogP contribution < -0.4 is 5.32 Å². The first-order valence-corrected chi connectivity index (χ1v) is 6.63. The summed E-state index contributed by atoms with van der Waals surface area (Å²) in [7, 11) is 0. The van der Waals surface area contributed by atoms with Crippen molar-refractivity contribution in [3.8, 4) is 0 Å². The largest absolute Gasteiger partial charge is 0.357 e. The van der Waals surface area contributed by atoms with E-state index in [4.69, 9.17) is 0 Å². The number of aryl methyl sites for hydroxylation is 1. The zero-order chi connectivity index (χ0) is 9.97. The lowest BCUT2D eigenvalue weighted by molar-refractivity contribution is 1.17. The van der Waals surface area contributed by atoms with Crippen LogP contribution in [-0.4, -0.2) is 4.98 Å². The molecule has 0 aliphatic rings. The highest BCUT2D eigenvalue weighted by molar-refractivity contribution is 9.11. The molecule has 0 bridgehead atoms. The molecule has 0 fully saturated rings. The van der Waals surface area contributed by atoms with Gasteiger partial charge in [-0.3, -0.25) is 0 Å². The van der Waals surface area contributed by atoms with Crippen molar-refractivity contribution >= 4 is 43.7 Å². The summed E-state index contributed by atoms with van der Waals surface area (Å²) in [6, 6.07) is 2.19. The Hall–Kier alpha value is -0.390. The number of halogens is 1. The Labute approximate surface area is 99.1 Å². The van der Waals surface area contributed by atoms with Gasteiger partial charge in [0.15, 0.2) is 5.13 Å². The van der Waals surface area contributed by atoms with Gasteiger partial charge in [0.05, 0.1) is 10.3 Å². The molecule has 2 aromatic rings. The third-order valence-electron chi connectivity index (χ3n) is 1.75. The average molecular weight is 289 g/mol. The molecule has 0 amide bonds. The number of aromatic nitrogens is 1. The minimum Gasteiger partial charge on any atom is -0.357 e. The summed E-state index contributed by atoms with van der Waals surface area (Å²) in [5, 5.41) is 6.23. The first-order chi connectivity index (χ1) is 6.75. The molecule has 2 rings (SSSR count). The molecule has 74 valence electrons. The van der Waals surface area contributed by atoms with Gasteiger partial charge in [0.1, 0.15) is 0 Å². The third-order valence-corrected chi connectivity index (χ3v) is 4.62. The van der Waals surface area contributed by atoms with Gasteiger partial charge < -0.3 is 5.32 Å². The van der Waals surface area contributed by atoms with Crippen LogP contribution in [0.5, 0.6) is 0 Å². The van der Waals surface area contributed by atoms with Crippen molar-refractivity contribution in [3.05, 3.63) is 31.9 Å². The van der Waals surface area contributed by atoms with Crippen molar-refractivity contribution in [3.63, 3.8) is 0 Å². The number of thiophene rings is 1. The third kappa shape index (κ3) is 2.34. The summed E-state index contributed by atoms with van der Waals surface area (Å²) >= 11 is 6.90. The van der Waals surface area contributed by atoms with Gasteiger partial charge in [0.2, 0.25) is 0 Å². The fraction of sp³-hybridized carbons (Fsp3) is 0.222. The smallest absolute Gasteiger partial charge is 0.182 e. The van der Waals surface area contributed by atoms with Crippen molar-refractivity contribution < 1.29 is 0 Å². The molecule has 2 aromatic heterocycles. The molecule has 0 aromatic carbocycles. The first-order valence-electron chi connectivity index (χ1n) is 4.14. The van der Waals surface area contributed by atoms with Gasteiger partial charge in [0, 0.05) is 16.5 Å². The number of rotatable bonds is 3. The number of hydrogen-bond donors (Lipinski definition) is 1. The maximum absolute atomic E-state index is 4.16. The first kappa shape index (κ1) is 10.1. The molecule has 0 spiro atoms. The van der Waals surface area contributed by atoms with Gasteiger partial charge in [-0.25, -0.2) is 4.98 Å². The summed E-state index contributed by atoms with van der Waals surface area (Å²) in [4.78, 5) is 5.48. The Balaban J connectivity index is 1.98. The summed E-state index contributed by atoms with van der Waals surface area (Å²) in [5.74, 6) is 0. The van der Waals surface area contributed by atoms with Crippen LogP contribution in [0.4, 0.5) is 5.13 Å². The van der Waals surface area contributed by atoms with Gasteiger partial charge in [-0.05, 0) is 34.5 Å². The van der Waals surface area contributed by atoms with Crippen LogP contribution in [0.25, 0.3) is 0 Å². The molecule has 5 heteroatoms. The number of thiazole rings is 1. The SMILES string of the molecule is Cc1cc(CNc2nccs2)sc1Br. The lowest BCUT2D eigenvalue weighted by Crippen LogP contribution is -1.95. The standard InChI is InChI=1S/C9H9BrN2S2/c1-6-4-7(14-8(6)10)5-12-9-11-2-3-13-9/h2-4H,5H2,1H3,(H,11,12). The molecule has 2 nitrogen and oxygen atoms in total. The predicted octanol–water partition coefficient (Wildman–Crippen LogP) is 3.89. The fourth-order valence-electron chi connectivity index (χ4n) is 1.08. The summed E-state index contributed by atoms with van der Waals surface area (Å²) in [6.07, 6.45) is 1.81. The van der Waals surface area contributed by atoms with Crippen LogP contribution >= 0.6 is 38.6 Å². The quantitative estimate of drug-likeness (QED) is 0.927. The molecule has 0 radical (unpaired) electrons. The lowest BCUT2D eigenvalue weighted by atomic mass is 10.3. The highest BCUT2D eigenvalue weighted by Gasteiger charge is 2.02. The molecule has 2 heterocycles. The number of nitrogens with zero attached hydrogens (tertiary/aromatic N) is 1. The van der Waals surface area contributed by atoms with Crippen molar-refractivity contribution in [2.24, 2.45) is 0 Å². The maximum Gasteiger partial charge on any atom is 0.182 e. The summed E-state index contributed by atoms with van der Waals surface area (Å²) in [5.41, 5.74) is 1.30. The van der Waals surface area contributed by atoms with Crippen molar-refractivity contribution in [1.82, 2.24) is 4.98 Å². The van der Waals surface area contributed by atoms with E-state index in [0.717, 1.165) is 11.7 Å². The predicted molar refractivity (Wildman–Crippen MR) is 66.2 cm³/mol. The van der Waals surface area contributed by atoms with Gasteiger partial charge in [-0.15, -0.1) is 22.7 Å². The van der Waals surface area contributed by atoms with E-state index >= 15 is 0 Å². The molecule has 0 aliphatic heterocycles. The maximum atomic E-state index is 4.16. The Bertz CT molecular complexity index is 389. The van der Waals surface area contributed by atoms with Crippen LogP contribution in [-0.2, 0) is 6.54 Å². The van der Waals surface area contributed by atoms with E-state index in [9.17, 15) is 0 Å². The average Bonchev–Trinajstić information content (AvgIpc) is 2.74. The normalized spacial score (nSPS) is 10.4. The molecule has 0 aliphatic carbocycles. The Kier molecular flexibility index (Phi) is 3.20. The molecule has 0 unspecified atom stereocenters. The molecule has 14 heavy (non-hydrogen) atoms. The van der Waals surface area contributed by atoms with Crippen LogP contribution in [0.3, 0.4) is 0 Å². The van der Waals surface area contributed by atoms with Crippen molar-refractivity contribution in [1.29, 1.82) is 0 Å². The second-order valence-corrected chi connectivity index (χ2v) is 6.21. The molecule has 0 atom stereocenters. The zero-order valence-electron chi connectivity index (χ0n) is 7.58. The van der Waals surface area contributed by atoms with Gasteiger partial charge in [0.25, 0.3) is 0 Å². The number of nitrogens with one attached hydrogen (secondary N) is 1. The highest BCUT2D eigenvalue weighted by Crippen LogP contribution is 2.27. The van der Waals surface area contributed by atoms with Crippen LogP contribution in [0.2, 0.25) is 0 Å². The summed E-state index contributed by atoms with van der Waals surface area (Å²) < 4.78 is 1.22.